The normalized spacial score (nSPS) is 14.7. The number of benzene rings is 3. The first-order valence-electron chi connectivity index (χ1n) is 12.9. The summed E-state index contributed by atoms with van der Waals surface area (Å²) in [7, 11) is -4.98. The highest BCUT2D eigenvalue weighted by Crippen LogP contribution is 2.35. The fourth-order valence-corrected chi connectivity index (χ4v) is 7.44. The van der Waals surface area contributed by atoms with Crippen LogP contribution < -0.4 is 19.1 Å². The molecule has 3 aromatic carbocycles. The van der Waals surface area contributed by atoms with Crippen LogP contribution in [0.5, 0.6) is 11.5 Å². The Morgan fingerprint density at radius 3 is 2.08 bits per heavy atom. The van der Waals surface area contributed by atoms with E-state index in [1.54, 1.807) is 30.3 Å². The van der Waals surface area contributed by atoms with Gasteiger partial charge in [-0.2, -0.15) is 4.31 Å². The summed E-state index contributed by atoms with van der Waals surface area (Å²) >= 11 is 0. The predicted octanol–water partition coefficient (Wildman–Crippen LogP) is 4.10. The van der Waals surface area contributed by atoms with Gasteiger partial charge in [0.15, 0.2) is 0 Å². The van der Waals surface area contributed by atoms with Gasteiger partial charge in [0.05, 0.1) is 29.7 Å². The van der Waals surface area contributed by atoms with E-state index in [9.17, 15) is 21.6 Å². The number of hydrogen-bond donors (Lipinski definition) is 1. The largest absolute Gasteiger partial charge is 0.497 e. The van der Waals surface area contributed by atoms with Gasteiger partial charge >= 0.3 is 0 Å². The third-order valence-corrected chi connectivity index (χ3v) is 10.3. The number of nitrogens with one attached hydrogen (secondary N) is 1. The molecule has 12 heteroatoms. The minimum absolute atomic E-state index is 0.00394. The van der Waals surface area contributed by atoms with Crippen LogP contribution in [0.25, 0.3) is 0 Å². The topological polar surface area (TPSA) is 122 Å². The number of ether oxygens (including phenoxy) is 2. The number of sulfonamides is 2. The van der Waals surface area contributed by atoms with E-state index in [-0.39, 0.29) is 21.2 Å². The van der Waals surface area contributed by atoms with Gasteiger partial charge in [0.2, 0.25) is 15.9 Å². The summed E-state index contributed by atoms with van der Waals surface area (Å²) in [6, 6.07) is 18.3. The number of carbonyl (C=O) groups is 1. The van der Waals surface area contributed by atoms with E-state index in [4.69, 9.17) is 9.47 Å². The first-order valence-corrected chi connectivity index (χ1v) is 15.7. The molecule has 1 aliphatic heterocycles. The second kappa shape index (κ2) is 12.7. The molecule has 0 saturated carbocycles. The van der Waals surface area contributed by atoms with Crippen molar-refractivity contribution in [2.45, 2.75) is 35.5 Å². The van der Waals surface area contributed by atoms with Crippen LogP contribution in [0.4, 0.5) is 11.4 Å². The number of hydrogen-bond acceptors (Lipinski definition) is 7. The average Bonchev–Trinajstić information content (AvgIpc) is 3.27. The molecule has 0 atom stereocenters. The van der Waals surface area contributed by atoms with Crippen LogP contribution in [0.2, 0.25) is 0 Å². The highest BCUT2D eigenvalue weighted by Gasteiger charge is 2.30. The number of rotatable bonds is 10. The molecule has 1 fully saturated rings. The van der Waals surface area contributed by atoms with E-state index >= 15 is 0 Å². The van der Waals surface area contributed by atoms with Crippen LogP contribution in [0.1, 0.15) is 25.7 Å². The van der Waals surface area contributed by atoms with Crippen LogP contribution in [0, 0.1) is 0 Å². The maximum absolute atomic E-state index is 13.7. The molecule has 1 aliphatic rings. The Bertz CT molecular complexity index is 1520. The highest BCUT2D eigenvalue weighted by molar-refractivity contribution is 7.93. The predicted molar refractivity (Wildman–Crippen MR) is 153 cm³/mol. The maximum Gasteiger partial charge on any atom is 0.264 e. The SMILES string of the molecule is COc1ccc(OC)c(N(CC(=O)Nc2ccc(S(=O)(=O)N3CCCCCC3)cc2)S(=O)(=O)c2ccccc2)c1. The Morgan fingerprint density at radius 2 is 1.48 bits per heavy atom. The van der Waals surface area contributed by atoms with Crippen molar-refractivity contribution < 1.29 is 31.1 Å². The molecule has 0 aliphatic carbocycles. The zero-order chi connectivity index (χ0) is 28.8. The van der Waals surface area contributed by atoms with Gasteiger partial charge in [-0.3, -0.25) is 9.10 Å². The molecule has 1 amide bonds. The third kappa shape index (κ3) is 6.57. The number of anilines is 2. The van der Waals surface area contributed by atoms with Gasteiger partial charge in [-0.1, -0.05) is 31.0 Å². The third-order valence-electron chi connectivity index (χ3n) is 6.61. The van der Waals surface area contributed by atoms with Gasteiger partial charge in [0.1, 0.15) is 18.0 Å². The van der Waals surface area contributed by atoms with Gasteiger partial charge in [0, 0.05) is 24.8 Å². The van der Waals surface area contributed by atoms with Crippen LogP contribution in [0.3, 0.4) is 0 Å². The standard InChI is InChI=1S/C28H33N3O7S2/c1-37-23-14-17-27(38-2)26(20-23)31(40(35,36)24-10-6-5-7-11-24)21-28(32)29-22-12-15-25(16-13-22)39(33,34)30-18-8-3-4-9-19-30/h5-7,10-17,20H,3-4,8-9,18-19,21H2,1-2H3,(H,29,32). The van der Waals surface area contributed by atoms with E-state index in [0.29, 0.717) is 24.5 Å². The van der Waals surface area contributed by atoms with Gasteiger partial charge in [0.25, 0.3) is 10.0 Å². The van der Waals surface area contributed by atoms with Crippen molar-refractivity contribution in [1.82, 2.24) is 4.31 Å². The molecular formula is C28H33N3O7S2. The van der Waals surface area contributed by atoms with Crippen molar-refractivity contribution in [2.24, 2.45) is 0 Å². The number of carbonyl (C=O) groups excluding carboxylic acids is 1. The Kier molecular flexibility index (Phi) is 9.33. The minimum atomic E-state index is -4.19. The van der Waals surface area contributed by atoms with Crippen LogP contribution >= 0.6 is 0 Å². The fourth-order valence-electron chi connectivity index (χ4n) is 4.48. The molecule has 3 aromatic rings. The lowest BCUT2D eigenvalue weighted by molar-refractivity contribution is -0.114. The smallest absolute Gasteiger partial charge is 0.264 e. The summed E-state index contributed by atoms with van der Waals surface area (Å²) in [6.45, 7) is 0.398. The van der Waals surface area contributed by atoms with Crippen LogP contribution in [-0.4, -0.2) is 60.9 Å². The van der Waals surface area contributed by atoms with Crippen molar-refractivity contribution in [3.63, 3.8) is 0 Å². The Hall–Kier alpha value is -3.61. The molecule has 1 N–H and O–H groups in total. The first kappa shape index (κ1) is 29.4. The van der Waals surface area contributed by atoms with Gasteiger partial charge < -0.3 is 14.8 Å². The van der Waals surface area contributed by atoms with Crippen molar-refractivity contribution in [1.29, 1.82) is 0 Å². The summed E-state index contributed by atoms with van der Waals surface area (Å²) in [4.78, 5) is 13.3. The molecule has 1 saturated heterocycles. The van der Waals surface area contributed by atoms with Gasteiger partial charge in [-0.05, 0) is 61.4 Å². The fraction of sp³-hybridized carbons (Fsp3) is 0.321. The lowest BCUT2D eigenvalue weighted by Crippen LogP contribution is -2.38. The molecule has 0 radical (unpaired) electrons. The lowest BCUT2D eigenvalue weighted by atomic mass is 10.2. The zero-order valence-electron chi connectivity index (χ0n) is 22.4. The minimum Gasteiger partial charge on any atom is -0.497 e. The molecule has 0 unspecified atom stereocenters. The van der Waals surface area contributed by atoms with Gasteiger partial charge in [-0.25, -0.2) is 16.8 Å². The van der Waals surface area contributed by atoms with Crippen LogP contribution in [0.15, 0.2) is 82.6 Å². The summed E-state index contributed by atoms with van der Waals surface area (Å²) in [5.41, 5.74) is 0.453. The quantitative estimate of drug-likeness (QED) is 0.379. The molecule has 4 rings (SSSR count). The second-order valence-corrected chi connectivity index (χ2v) is 13.1. The van der Waals surface area contributed by atoms with E-state index in [1.807, 2.05) is 0 Å². The Labute approximate surface area is 235 Å². The summed E-state index contributed by atoms with van der Waals surface area (Å²) < 4.78 is 66.7. The molecule has 1 heterocycles. The van der Waals surface area contributed by atoms with E-state index in [0.717, 1.165) is 30.0 Å². The van der Waals surface area contributed by atoms with Crippen molar-refractivity contribution in [2.75, 3.05) is 43.5 Å². The van der Waals surface area contributed by atoms with Crippen molar-refractivity contribution in [3.05, 3.63) is 72.8 Å². The first-order chi connectivity index (χ1) is 19.2. The van der Waals surface area contributed by atoms with Crippen molar-refractivity contribution >= 4 is 37.3 Å². The highest BCUT2D eigenvalue weighted by atomic mass is 32.2. The van der Waals surface area contributed by atoms with E-state index in [2.05, 4.69) is 5.32 Å². The zero-order valence-corrected chi connectivity index (χ0v) is 24.1. The number of nitrogens with zero attached hydrogens (tertiary/aromatic N) is 2. The number of methoxy groups -OCH3 is 2. The molecule has 0 bridgehead atoms. The average molecular weight is 588 g/mol. The van der Waals surface area contributed by atoms with E-state index in [1.165, 1.54) is 61.0 Å². The summed E-state index contributed by atoms with van der Waals surface area (Å²) in [5, 5.41) is 2.67. The Balaban J connectivity index is 1.59. The number of amides is 1. The molecule has 214 valence electrons. The molecule has 0 aromatic heterocycles. The summed E-state index contributed by atoms with van der Waals surface area (Å²) in [5.74, 6) is -0.0191. The van der Waals surface area contributed by atoms with Gasteiger partial charge in [-0.15, -0.1) is 0 Å². The summed E-state index contributed by atoms with van der Waals surface area (Å²) in [6.07, 6.45) is 3.67. The molecular weight excluding hydrogens is 554 g/mol. The Morgan fingerprint density at radius 1 is 0.825 bits per heavy atom. The van der Waals surface area contributed by atoms with Crippen LogP contribution in [-0.2, 0) is 24.8 Å². The molecule has 10 nitrogen and oxygen atoms in total. The maximum atomic E-state index is 13.7. The second-order valence-electron chi connectivity index (χ2n) is 9.25. The molecule has 0 spiro atoms. The van der Waals surface area contributed by atoms with E-state index < -0.39 is 32.5 Å². The molecule has 40 heavy (non-hydrogen) atoms. The lowest BCUT2D eigenvalue weighted by Gasteiger charge is -2.26. The monoisotopic (exact) mass is 587 g/mol. The van der Waals surface area contributed by atoms with Crippen molar-refractivity contribution in [3.8, 4) is 11.5 Å².